The average Bonchev–Trinajstić information content (AvgIpc) is 2.85. The molecule has 0 aliphatic carbocycles. The highest BCUT2D eigenvalue weighted by Gasteiger charge is 2.48. The molecule has 3 heterocycles. The summed E-state index contributed by atoms with van der Waals surface area (Å²) in [5.41, 5.74) is 5.87. The third-order valence-electron chi connectivity index (χ3n) is 3.68. The summed E-state index contributed by atoms with van der Waals surface area (Å²) in [6, 6.07) is 6.92. The van der Waals surface area contributed by atoms with E-state index in [1.807, 2.05) is 6.07 Å². The minimum atomic E-state index is -0.996. The van der Waals surface area contributed by atoms with Gasteiger partial charge in [0.2, 0.25) is 0 Å². The van der Waals surface area contributed by atoms with Crippen LogP contribution >= 0.6 is 27.5 Å². The number of nitrogens with two attached hydrogens (primary N) is 1. The molecule has 1 atom stereocenters. The van der Waals surface area contributed by atoms with Gasteiger partial charge in [-0.05, 0) is 24.3 Å². The number of fused-ring (bicyclic) bond motifs is 4. The van der Waals surface area contributed by atoms with Crippen LogP contribution < -0.4 is 10.5 Å². The SMILES string of the molecule is NC1=NC2(CO1)c1cc(Br)ccc1Oc1c2cc(Cl)nc1F. The molecule has 4 rings (SSSR count). The Balaban J connectivity index is 2.08. The number of pyridine rings is 1. The second kappa shape index (κ2) is 4.57. The van der Waals surface area contributed by atoms with Crippen molar-refractivity contribution in [1.29, 1.82) is 0 Å². The number of rotatable bonds is 0. The molecule has 0 saturated carbocycles. The van der Waals surface area contributed by atoms with E-state index < -0.39 is 11.5 Å². The normalized spacial score (nSPS) is 21.7. The van der Waals surface area contributed by atoms with Crippen molar-refractivity contribution in [2.75, 3.05) is 6.61 Å². The Morgan fingerprint density at radius 1 is 1.32 bits per heavy atom. The van der Waals surface area contributed by atoms with E-state index in [4.69, 9.17) is 26.8 Å². The van der Waals surface area contributed by atoms with Crippen LogP contribution in [0.4, 0.5) is 4.39 Å². The van der Waals surface area contributed by atoms with E-state index in [9.17, 15) is 4.39 Å². The van der Waals surface area contributed by atoms with Crippen molar-refractivity contribution in [3.05, 3.63) is 51.0 Å². The van der Waals surface area contributed by atoms with Gasteiger partial charge in [0.25, 0.3) is 12.0 Å². The van der Waals surface area contributed by atoms with Crippen LogP contribution in [0.3, 0.4) is 0 Å². The van der Waals surface area contributed by atoms with E-state index >= 15 is 0 Å². The topological polar surface area (TPSA) is 69.7 Å². The van der Waals surface area contributed by atoms with Gasteiger partial charge in [0.1, 0.15) is 17.5 Å². The Labute approximate surface area is 138 Å². The van der Waals surface area contributed by atoms with Crippen molar-refractivity contribution in [3.8, 4) is 11.5 Å². The Morgan fingerprint density at radius 2 is 2.14 bits per heavy atom. The van der Waals surface area contributed by atoms with Gasteiger partial charge < -0.3 is 15.2 Å². The molecule has 1 spiro atoms. The molecule has 0 saturated heterocycles. The van der Waals surface area contributed by atoms with Crippen LogP contribution in [-0.4, -0.2) is 17.6 Å². The van der Waals surface area contributed by atoms with Crippen molar-refractivity contribution in [3.63, 3.8) is 0 Å². The molecule has 1 aromatic heterocycles. The molecule has 0 fully saturated rings. The zero-order valence-electron chi connectivity index (χ0n) is 10.9. The molecule has 2 aliphatic heterocycles. The number of halogens is 3. The fourth-order valence-corrected chi connectivity index (χ4v) is 3.30. The molecule has 8 heteroatoms. The van der Waals surface area contributed by atoms with Gasteiger partial charge in [-0.2, -0.15) is 4.39 Å². The molecule has 5 nitrogen and oxygen atoms in total. The molecule has 0 bridgehead atoms. The number of aromatic nitrogens is 1. The molecule has 112 valence electrons. The lowest BCUT2D eigenvalue weighted by atomic mass is 9.82. The molecule has 1 aromatic carbocycles. The number of hydrogen-bond acceptors (Lipinski definition) is 5. The lowest BCUT2D eigenvalue weighted by Crippen LogP contribution is -2.31. The van der Waals surface area contributed by atoms with Crippen LogP contribution in [0.15, 0.2) is 33.7 Å². The molecule has 1 unspecified atom stereocenters. The summed E-state index contributed by atoms with van der Waals surface area (Å²) in [7, 11) is 0. The maximum atomic E-state index is 14.2. The van der Waals surface area contributed by atoms with Crippen LogP contribution in [0.25, 0.3) is 0 Å². The number of aliphatic imine (C=N–C) groups is 1. The first-order valence-corrected chi connectivity index (χ1v) is 7.49. The van der Waals surface area contributed by atoms with Crippen LogP contribution in [0.1, 0.15) is 11.1 Å². The highest BCUT2D eigenvalue weighted by Crippen LogP contribution is 2.52. The predicted octanol–water partition coefficient (Wildman–Crippen LogP) is 3.33. The van der Waals surface area contributed by atoms with E-state index in [1.165, 1.54) is 6.07 Å². The Morgan fingerprint density at radius 3 is 2.86 bits per heavy atom. The van der Waals surface area contributed by atoms with Crippen LogP contribution in [-0.2, 0) is 10.3 Å². The van der Waals surface area contributed by atoms with Crippen LogP contribution in [0.5, 0.6) is 11.5 Å². The molecule has 2 aromatic rings. The van der Waals surface area contributed by atoms with Crippen LogP contribution in [0.2, 0.25) is 5.15 Å². The second-order valence-electron chi connectivity index (χ2n) is 4.95. The first-order chi connectivity index (χ1) is 10.5. The lowest BCUT2D eigenvalue weighted by molar-refractivity contribution is 0.261. The molecule has 0 amide bonds. The highest BCUT2D eigenvalue weighted by atomic mass is 79.9. The van der Waals surface area contributed by atoms with Crippen molar-refractivity contribution in [1.82, 2.24) is 4.98 Å². The third kappa shape index (κ3) is 1.82. The van der Waals surface area contributed by atoms with Gasteiger partial charge in [0, 0.05) is 15.6 Å². The summed E-state index contributed by atoms with van der Waals surface area (Å²) in [4.78, 5) is 8.00. The summed E-state index contributed by atoms with van der Waals surface area (Å²) in [5.74, 6) is -0.335. The zero-order valence-corrected chi connectivity index (χ0v) is 13.3. The van der Waals surface area contributed by atoms with E-state index in [0.717, 1.165) is 10.0 Å². The minimum absolute atomic E-state index is 0.0124. The first kappa shape index (κ1) is 13.8. The van der Waals surface area contributed by atoms with E-state index in [1.54, 1.807) is 12.1 Å². The summed E-state index contributed by atoms with van der Waals surface area (Å²) < 4.78 is 26.0. The number of benzene rings is 1. The van der Waals surface area contributed by atoms with Crippen molar-refractivity contribution >= 4 is 33.6 Å². The Hall–Kier alpha value is -1.86. The highest BCUT2D eigenvalue weighted by molar-refractivity contribution is 9.10. The molecule has 2 N–H and O–H groups in total. The standard InChI is InChI=1S/C14H8BrClFN3O2/c15-6-1-2-9-7(3-6)14(5-21-13(18)20-14)8-4-10(16)19-12(17)11(8)22-9/h1-4H,5H2,(H2,18,20). The Bertz CT molecular complexity index is 845. The molecular weight excluding hydrogens is 377 g/mol. The van der Waals surface area contributed by atoms with Gasteiger partial charge >= 0.3 is 0 Å². The molecule has 22 heavy (non-hydrogen) atoms. The first-order valence-electron chi connectivity index (χ1n) is 6.32. The van der Waals surface area contributed by atoms with E-state index in [0.29, 0.717) is 11.3 Å². The second-order valence-corrected chi connectivity index (χ2v) is 6.26. The van der Waals surface area contributed by atoms with Crippen LogP contribution in [0, 0.1) is 5.95 Å². The average molecular weight is 385 g/mol. The minimum Gasteiger partial charge on any atom is -0.462 e. The van der Waals surface area contributed by atoms with Gasteiger partial charge in [0.15, 0.2) is 11.3 Å². The summed E-state index contributed by atoms with van der Waals surface area (Å²) in [5, 5.41) is 0.0124. The predicted molar refractivity (Wildman–Crippen MR) is 81.8 cm³/mol. The molecule has 0 radical (unpaired) electrons. The van der Waals surface area contributed by atoms with Gasteiger partial charge in [-0.15, -0.1) is 0 Å². The van der Waals surface area contributed by atoms with Gasteiger partial charge in [-0.1, -0.05) is 27.5 Å². The van der Waals surface area contributed by atoms with E-state index in [2.05, 4.69) is 25.9 Å². The lowest BCUT2D eigenvalue weighted by Gasteiger charge is -2.33. The summed E-state index contributed by atoms with van der Waals surface area (Å²) >= 11 is 9.32. The van der Waals surface area contributed by atoms with Crippen molar-refractivity contribution < 1.29 is 13.9 Å². The van der Waals surface area contributed by atoms with E-state index in [-0.39, 0.29) is 23.5 Å². The molecular formula is C14H8BrClFN3O2. The Kier molecular flexibility index (Phi) is 2.86. The smallest absolute Gasteiger partial charge is 0.283 e. The summed E-state index contributed by atoms with van der Waals surface area (Å²) in [6.07, 6.45) is 0. The van der Waals surface area contributed by atoms with Gasteiger partial charge in [-0.3, -0.25) is 0 Å². The largest absolute Gasteiger partial charge is 0.462 e. The third-order valence-corrected chi connectivity index (χ3v) is 4.36. The monoisotopic (exact) mass is 383 g/mol. The summed E-state index contributed by atoms with van der Waals surface area (Å²) in [6.45, 7) is 0.137. The fraction of sp³-hybridized carbons (Fsp3) is 0.143. The number of ether oxygens (including phenoxy) is 2. The maximum absolute atomic E-state index is 14.2. The van der Waals surface area contributed by atoms with Gasteiger partial charge in [-0.25, -0.2) is 9.98 Å². The number of nitrogens with zero attached hydrogens (tertiary/aromatic N) is 2. The number of amidine groups is 1. The van der Waals surface area contributed by atoms with Gasteiger partial charge in [0.05, 0.1) is 0 Å². The number of hydrogen-bond donors (Lipinski definition) is 1. The molecule has 2 aliphatic rings. The van der Waals surface area contributed by atoms with Crippen molar-refractivity contribution in [2.45, 2.75) is 5.54 Å². The maximum Gasteiger partial charge on any atom is 0.283 e. The van der Waals surface area contributed by atoms with Crippen molar-refractivity contribution in [2.24, 2.45) is 10.7 Å². The fourth-order valence-electron chi connectivity index (χ4n) is 2.75. The zero-order chi connectivity index (χ0) is 15.5. The quantitative estimate of drug-likeness (QED) is 0.707.